The molecule has 0 heterocycles. The first-order valence-corrected chi connectivity index (χ1v) is 6.49. The Hall–Kier alpha value is -2.29. The van der Waals surface area contributed by atoms with Gasteiger partial charge in [-0.3, -0.25) is 4.79 Å². The Kier molecular flexibility index (Phi) is 4.77. The number of carbonyl (C=O) groups excluding carboxylic acids is 1. The Morgan fingerprint density at radius 2 is 1.70 bits per heavy atom. The number of methoxy groups -OCH3 is 2. The molecule has 2 aromatic rings. The summed E-state index contributed by atoms with van der Waals surface area (Å²) in [6.07, 6.45) is 0.804. The van der Waals surface area contributed by atoms with Crippen LogP contribution in [0.25, 0.3) is 0 Å². The Bertz CT molecular complexity index is 576. The fourth-order valence-electron chi connectivity index (χ4n) is 2.10. The van der Waals surface area contributed by atoms with Gasteiger partial charge in [0.2, 0.25) is 0 Å². The van der Waals surface area contributed by atoms with E-state index < -0.39 is 0 Å². The molecule has 0 saturated heterocycles. The molecule has 104 valence electrons. The standard InChI is InChI=1S/C17H18O3/c1-19-16-9-8-14(17(12-16)20-2)11-15(18)10-13-6-4-3-5-7-13/h3-9,12H,10-11H2,1-2H3. The second kappa shape index (κ2) is 6.75. The maximum absolute atomic E-state index is 12.1. The van der Waals surface area contributed by atoms with Crippen molar-refractivity contribution < 1.29 is 14.3 Å². The van der Waals surface area contributed by atoms with Gasteiger partial charge in [0.15, 0.2) is 0 Å². The summed E-state index contributed by atoms with van der Waals surface area (Å²) in [5.74, 6) is 1.58. The van der Waals surface area contributed by atoms with E-state index in [0.29, 0.717) is 18.6 Å². The van der Waals surface area contributed by atoms with Gasteiger partial charge in [0.25, 0.3) is 0 Å². The van der Waals surface area contributed by atoms with Crippen LogP contribution in [0.5, 0.6) is 11.5 Å². The third-order valence-electron chi connectivity index (χ3n) is 3.13. The number of ketones is 1. The van der Waals surface area contributed by atoms with Crippen molar-refractivity contribution >= 4 is 5.78 Å². The predicted molar refractivity (Wildman–Crippen MR) is 78.4 cm³/mol. The average molecular weight is 270 g/mol. The van der Waals surface area contributed by atoms with Gasteiger partial charge < -0.3 is 9.47 Å². The van der Waals surface area contributed by atoms with Gasteiger partial charge in [-0.05, 0) is 11.6 Å². The zero-order valence-electron chi connectivity index (χ0n) is 11.8. The van der Waals surface area contributed by atoms with Gasteiger partial charge in [-0.1, -0.05) is 36.4 Å². The fourth-order valence-corrected chi connectivity index (χ4v) is 2.10. The van der Waals surface area contributed by atoms with Gasteiger partial charge in [0, 0.05) is 24.5 Å². The molecule has 0 spiro atoms. The molecule has 0 aromatic heterocycles. The van der Waals surface area contributed by atoms with E-state index in [1.54, 1.807) is 20.3 Å². The highest BCUT2D eigenvalue weighted by Crippen LogP contribution is 2.25. The van der Waals surface area contributed by atoms with Crippen LogP contribution in [-0.2, 0) is 17.6 Å². The minimum absolute atomic E-state index is 0.166. The van der Waals surface area contributed by atoms with Crippen LogP contribution in [0.3, 0.4) is 0 Å². The lowest BCUT2D eigenvalue weighted by Gasteiger charge is -2.10. The summed E-state index contributed by atoms with van der Waals surface area (Å²) >= 11 is 0. The Labute approximate surface area is 119 Å². The molecule has 3 heteroatoms. The molecule has 0 unspecified atom stereocenters. The number of carbonyl (C=O) groups is 1. The molecule has 2 rings (SSSR count). The normalized spacial score (nSPS) is 10.1. The Morgan fingerprint density at radius 3 is 2.35 bits per heavy atom. The Balaban J connectivity index is 2.07. The van der Waals surface area contributed by atoms with E-state index in [-0.39, 0.29) is 5.78 Å². The van der Waals surface area contributed by atoms with Gasteiger partial charge in [0.05, 0.1) is 14.2 Å². The smallest absolute Gasteiger partial charge is 0.141 e. The topological polar surface area (TPSA) is 35.5 Å². The predicted octanol–water partition coefficient (Wildman–Crippen LogP) is 3.06. The maximum atomic E-state index is 12.1. The lowest BCUT2D eigenvalue weighted by Crippen LogP contribution is -2.07. The van der Waals surface area contributed by atoms with Crippen molar-refractivity contribution in [2.45, 2.75) is 12.8 Å². The summed E-state index contributed by atoms with van der Waals surface area (Å²) in [5.41, 5.74) is 1.92. The van der Waals surface area contributed by atoms with Crippen molar-refractivity contribution in [3.05, 3.63) is 59.7 Å². The molecular formula is C17H18O3. The van der Waals surface area contributed by atoms with Crippen molar-refractivity contribution in [1.29, 1.82) is 0 Å². The number of benzene rings is 2. The molecule has 2 aromatic carbocycles. The molecule has 0 saturated carbocycles. The zero-order valence-corrected chi connectivity index (χ0v) is 11.8. The van der Waals surface area contributed by atoms with E-state index in [4.69, 9.17) is 9.47 Å². The first-order chi connectivity index (χ1) is 9.72. The summed E-state index contributed by atoms with van der Waals surface area (Å²) in [6, 6.07) is 15.3. The van der Waals surface area contributed by atoms with E-state index in [1.165, 1.54) is 0 Å². The molecule has 0 aliphatic carbocycles. The van der Waals surface area contributed by atoms with Crippen molar-refractivity contribution in [3.63, 3.8) is 0 Å². The minimum Gasteiger partial charge on any atom is -0.497 e. The van der Waals surface area contributed by atoms with Crippen LogP contribution in [0.1, 0.15) is 11.1 Å². The van der Waals surface area contributed by atoms with E-state index >= 15 is 0 Å². The van der Waals surface area contributed by atoms with Crippen LogP contribution >= 0.6 is 0 Å². The number of Topliss-reactive ketones (excluding diaryl/α,β-unsaturated/α-hetero) is 1. The van der Waals surface area contributed by atoms with Gasteiger partial charge in [-0.25, -0.2) is 0 Å². The first kappa shape index (κ1) is 14.1. The monoisotopic (exact) mass is 270 g/mol. The SMILES string of the molecule is COc1ccc(CC(=O)Cc2ccccc2)c(OC)c1. The second-order valence-corrected chi connectivity index (χ2v) is 4.56. The second-order valence-electron chi connectivity index (χ2n) is 4.56. The summed E-state index contributed by atoms with van der Waals surface area (Å²) in [7, 11) is 3.20. The average Bonchev–Trinajstić information content (AvgIpc) is 2.48. The van der Waals surface area contributed by atoms with Gasteiger partial charge in [-0.2, -0.15) is 0 Å². The highest BCUT2D eigenvalue weighted by molar-refractivity contribution is 5.83. The first-order valence-electron chi connectivity index (χ1n) is 6.49. The molecule has 20 heavy (non-hydrogen) atoms. The Morgan fingerprint density at radius 1 is 0.950 bits per heavy atom. The highest BCUT2D eigenvalue weighted by Gasteiger charge is 2.10. The molecule has 0 amide bonds. The molecule has 0 bridgehead atoms. The largest absolute Gasteiger partial charge is 0.497 e. The molecule has 0 radical (unpaired) electrons. The van der Waals surface area contributed by atoms with Crippen LogP contribution in [0.4, 0.5) is 0 Å². The van der Waals surface area contributed by atoms with Crippen molar-refractivity contribution in [2.75, 3.05) is 14.2 Å². The number of hydrogen-bond donors (Lipinski definition) is 0. The zero-order chi connectivity index (χ0) is 14.4. The molecule has 0 N–H and O–H groups in total. The lowest BCUT2D eigenvalue weighted by atomic mass is 10.0. The van der Waals surface area contributed by atoms with Crippen molar-refractivity contribution in [1.82, 2.24) is 0 Å². The number of hydrogen-bond acceptors (Lipinski definition) is 3. The molecule has 0 fully saturated rings. The molecule has 0 aliphatic heterocycles. The lowest BCUT2D eigenvalue weighted by molar-refractivity contribution is -0.117. The number of rotatable bonds is 6. The number of ether oxygens (including phenoxy) is 2. The molecule has 0 atom stereocenters. The van der Waals surface area contributed by atoms with Crippen LogP contribution in [-0.4, -0.2) is 20.0 Å². The quantitative estimate of drug-likeness (QED) is 0.809. The van der Waals surface area contributed by atoms with Gasteiger partial charge in [-0.15, -0.1) is 0 Å². The van der Waals surface area contributed by atoms with Crippen molar-refractivity contribution in [3.8, 4) is 11.5 Å². The fraction of sp³-hybridized carbons (Fsp3) is 0.235. The third-order valence-corrected chi connectivity index (χ3v) is 3.13. The van der Waals surface area contributed by atoms with Gasteiger partial charge in [0.1, 0.15) is 17.3 Å². The molecule has 0 aliphatic rings. The third kappa shape index (κ3) is 3.60. The van der Waals surface area contributed by atoms with Crippen LogP contribution in [0.15, 0.2) is 48.5 Å². The van der Waals surface area contributed by atoms with Gasteiger partial charge >= 0.3 is 0 Å². The van der Waals surface area contributed by atoms with E-state index in [0.717, 1.165) is 16.9 Å². The summed E-state index contributed by atoms with van der Waals surface area (Å²) < 4.78 is 10.5. The van der Waals surface area contributed by atoms with Crippen LogP contribution in [0, 0.1) is 0 Å². The summed E-state index contributed by atoms with van der Waals surface area (Å²) in [6.45, 7) is 0. The van der Waals surface area contributed by atoms with E-state index in [2.05, 4.69) is 0 Å². The minimum atomic E-state index is 0.166. The van der Waals surface area contributed by atoms with Crippen molar-refractivity contribution in [2.24, 2.45) is 0 Å². The van der Waals surface area contributed by atoms with Crippen LogP contribution in [0.2, 0.25) is 0 Å². The molecular weight excluding hydrogens is 252 g/mol. The van der Waals surface area contributed by atoms with E-state index in [1.807, 2.05) is 42.5 Å². The highest BCUT2D eigenvalue weighted by atomic mass is 16.5. The summed E-state index contributed by atoms with van der Waals surface area (Å²) in [5, 5.41) is 0. The van der Waals surface area contributed by atoms with Crippen LogP contribution < -0.4 is 9.47 Å². The summed E-state index contributed by atoms with van der Waals surface area (Å²) in [4.78, 5) is 12.1. The maximum Gasteiger partial charge on any atom is 0.141 e. The molecule has 3 nitrogen and oxygen atoms in total. The van der Waals surface area contributed by atoms with E-state index in [9.17, 15) is 4.79 Å².